The lowest BCUT2D eigenvalue weighted by Crippen LogP contribution is -2.48. The lowest BCUT2D eigenvalue weighted by Gasteiger charge is -2.45. The maximum absolute atomic E-state index is 9.09. The molecule has 1 fully saturated rings. The molecule has 1 aliphatic rings. The molecule has 3 atom stereocenters. The fourth-order valence-corrected chi connectivity index (χ4v) is 3.84. The smallest absolute Gasteiger partial charge is 0.0437 e. The molecule has 3 unspecified atom stereocenters. The normalized spacial score (nSPS) is 37.4. The topological polar surface area (TPSA) is 46.2 Å². The van der Waals surface area contributed by atoms with Crippen molar-refractivity contribution in [1.82, 2.24) is 0 Å². The second kappa shape index (κ2) is 4.67. The van der Waals surface area contributed by atoms with Crippen LogP contribution in [0.25, 0.3) is 0 Å². The van der Waals surface area contributed by atoms with E-state index in [0.29, 0.717) is 5.25 Å². The second-order valence-electron chi connectivity index (χ2n) is 4.11. The van der Waals surface area contributed by atoms with Gasteiger partial charge < -0.3 is 10.8 Å². The van der Waals surface area contributed by atoms with Crippen molar-refractivity contribution in [3.63, 3.8) is 0 Å². The summed E-state index contributed by atoms with van der Waals surface area (Å²) >= 11 is 2.00. The predicted octanol–water partition coefficient (Wildman–Crippen LogP) is 1.62. The lowest BCUT2D eigenvalue weighted by molar-refractivity contribution is 0.137. The minimum absolute atomic E-state index is 0.178. The summed E-state index contributed by atoms with van der Waals surface area (Å²) in [6.45, 7) is 4.60. The van der Waals surface area contributed by atoms with E-state index in [2.05, 4.69) is 13.8 Å². The SMILES string of the molecule is CC(N)C1(CCO)CCCSC1C. The number of thioether (sulfide) groups is 1. The number of hydrogen-bond acceptors (Lipinski definition) is 3. The first-order valence-corrected chi connectivity index (χ1v) is 6.16. The standard InChI is InChI=1S/C10H21NOS/c1-8(11)10(5-6-12)4-3-7-13-9(10)2/h8-9,12H,3-7,11H2,1-2H3. The van der Waals surface area contributed by atoms with Gasteiger partial charge in [0.25, 0.3) is 0 Å². The molecule has 0 aliphatic carbocycles. The average Bonchev–Trinajstić information content (AvgIpc) is 2.09. The van der Waals surface area contributed by atoms with E-state index in [1.54, 1.807) is 0 Å². The van der Waals surface area contributed by atoms with Gasteiger partial charge in [0.1, 0.15) is 0 Å². The van der Waals surface area contributed by atoms with Crippen molar-refractivity contribution in [1.29, 1.82) is 0 Å². The molecule has 0 spiro atoms. The first kappa shape index (κ1) is 11.3. The zero-order valence-electron chi connectivity index (χ0n) is 8.62. The van der Waals surface area contributed by atoms with Gasteiger partial charge in [0.05, 0.1) is 0 Å². The van der Waals surface area contributed by atoms with Gasteiger partial charge >= 0.3 is 0 Å². The van der Waals surface area contributed by atoms with Crippen molar-refractivity contribution < 1.29 is 5.11 Å². The molecule has 1 aliphatic heterocycles. The third-order valence-electron chi connectivity index (χ3n) is 3.45. The predicted molar refractivity (Wildman–Crippen MR) is 58.9 cm³/mol. The van der Waals surface area contributed by atoms with E-state index in [1.165, 1.54) is 18.6 Å². The molecular weight excluding hydrogens is 182 g/mol. The van der Waals surface area contributed by atoms with Gasteiger partial charge in [-0.3, -0.25) is 0 Å². The van der Waals surface area contributed by atoms with E-state index in [0.717, 1.165) is 6.42 Å². The van der Waals surface area contributed by atoms with Gasteiger partial charge in [-0.1, -0.05) is 6.92 Å². The van der Waals surface area contributed by atoms with E-state index < -0.39 is 0 Å². The van der Waals surface area contributed by atoms with Crippen LogP contribution in [0, 0.1) is 5.41 Å². The fraction of sp³-hybridized carbons (Fsp3) is 1.00. The summed E-state index contributed by atoms with van der Waals surface area (Å²) in [6, 6.07) is 0.197. The van der Waals surface area contributed by atoms with Crippen molar-refractivity contribution in [2.24, 2.45) is 11.1 Å². The summed E-state index contributed by atoms with van der Waals surface area (Å²) in [5.74, 6) is 1.25. The van der Waals surface area contributed by atoms with E-state index in [-0.39, 0.29) is 18.1 Å². The highest BCUT2D eigenvalue weighted by Crippen LogP contribution is 2.45. The Labute approximate surface area is 85.3 Å². The third kappa shape index (κ3) is 2.20. The van der Waals surface area contributed by atoms with Gasteiger partial charge in [-0.2, -0.15) is 11.8 Å². The Balaban J connectivity index is 2.73. The number of nitrogens with two attached hydrogens (primary N) is 1. The molecule has 78 valence electrons. The number of hydrogen-bond donors (Lipinski definition) is 2. The number of aliphatic hydroxyl groups is 1. The molecule has 2 nitrogen and oxygen atoms in total. The summed E-state index contributed by atoms with van der Waals surface area (Å²) in [6.07, 6.45) is 3.29. The molecule has 0 bridgehead atoms. The fourth-order valence-electron chi connectivity index (χ4n) is 2.39. The van der Waals surface area contributed by atoms with Crippen molar-refractivity contribution in [3.05, 3.63) is 0 Å². The zero-order chi connectivity index (χ0) is 9.90. The van der Waals surface area contributed by atoms with Crippen LogP contribution >= 0.6 is 11.8 Å². The molecule has 0 aromatic heterocycles. The zero-order valence-corrected chi connectivity index (χ0v) is 9.44. The van der Waals surface area contributed by atoms with E-state index in [1.807, 2.05) is 11.8 Å². The Kier molecular flexibility index (Phi) is 4.07. The average molecular weight is 203 g/mol. The summed E-state index contributed by atoms with van der Waals surface area (Å²) in [5.41, 5.74) is 6.23. The van der Waals surface area contributed by atoms with Crippen LogP contribution in [0.4, 0.5) is 0 Å². The van der Waals surface area contributed by atoms with Gasteiger partial charge in [0, 0.05) is 17.9 Å². The Hall–Kier alpha value is 0.270. The maximum atomic E-state index is 9.09. The van der Waals surface area contributed by atoms with Crippen molar-refractivity contribution in [2.45, 2.75) is 44.4 Å². The molecule has 1 rings (SSSR count). The molecular formula is C10H21NOS. The molecule has 0 aromatic carbocycles. The van der Waals surface area contributed by atoms with Crippen LogP contribution in [-0.4, -0.2) is 28.8 Å². The van der Waals surface area contributed by atoms with Crippen molar-refractivity contribution in [3.8, 4) is 0 Å². The Morgan fingerprint density at radius 2 is 2.38 bits per heavy atom. The molecule has 3 N–H and O–H groups in total. The Bertz CT molecular complexity index is 159. The first-order chi connectivity index (χ1) is 6.13. The Morgan fingerprint density at radius 3 is 2.85 bits per heavy atom. The van der Waals surface area contributed by atoms with Gasteiger partial charge in [-0.25, -0.2) is 0 Å². The largest absolute Gasteiger partial charge is 0.396 e. The van der Waals surface area contributed by atoms with Crippen LogP contribution in [0.15, 0.2) is 0 Å². The molecule has 13 heavy (non-hydrogen) atoms. The molecule has 0 amide bonds. The van der Waals surface area contributed by atoms with Crippen LogP contribution in [0.3, 0.4) is 0 Å². The second-order valence-corrected chi connectivity index (χ2v) is 5.56. The maximum Gasteiger partial charge on any atom is 0.0437 e. The highest BCUT2D eigenvalue weighted by Gasteiger charge is 2.41. The van der Waals surface area contributed by atoms with E-state index in [4.69, 9.17) is 10.8 Å². The quantitative estimate of drug-likeness (QED) is 0.732. The minimum Gasteiger partial charge on any atom is -0.396 e. The molecule has 1 saturated heterocycles. The summed E-state index contributed by atoms with van der Waals surface area (Å²) in [4.78, 5) is 0. The summed E-state index contributed by atoms with van der Waals surface area (Å²) < 4.78 is 0. The van der Waals surface area contributed by atoms with Crippen molar-refractivity contribution in [2.75, 3.05) is 12.4 Å². The number of rotatable bonds is 3. The molecule has 0 radical (unpaired) electrons. The third-order valence-corrected chi connectivity index (χ3v) is 4.94. The summed E-state index contributed by atoms with van der Waals surface area (Å²) in [5, 5.41) is 9.68. The van der Waals surface area contributed by atoms with E-state index >= 15 is 0 Å². The number of aliphatic hydroxyl groups excluding tert-OH is 1. The van der Waals surface area contributed by atoms with Crippen LogP contribution in [0.2, 0.25) is 0 Å². The minimum atomic E-state index is 0.178. The van der Waals surface area contributed by atoms with Crippen molar-refractivity contribution >= 4 is 11.8 Å². The molecule has 3 heteroatoms. The first-order valence-electron chi connectivity index (χ1n) is 5.11. The van der Waals surface area contributed by atoms with Gasteiger partial charge in [0.2, 0.25) is 0 Å². The highest BCUT2D eigenvalue weighted by molar-refractivity contribution is 7.99. The van der Waals surface area contributed by atoms with Gasteiger partial charge in [0.15, 0.2) is 0 Å². The lowest BCUT2D eigenvalue weighted by atomic mass is 9.72. The Morgan fingerprint density at radius 1 is 1.69 bits per heavy atom. The van der Waals surface area contributed by atoms with Crippen LogP contribution in [0.1, 0.15) is 33.1 Å². The van der Waals surface area contributed by atoms with E-state index in [9.17, 15) is 0 Å². The molecule has 1 heterocycles. The monoisotopic (exact) mass is 203 g/mol. The van der Waals surface area contributed by atoms with Gasteiger partial charge in [-0.05, 0) is 37.4 Å². The van der Waals surface area contributed by atoms with Crippen LogP contribution in [0.5, 0.6) is 0 Å². The highest BCUT2D eigenvalue weighted by atomic mass is 32.2. The van der Waals surface area contributed by atoms with Crippen LogP contribution < -0.4 is 5.73 Å². The summed E-state index contributed by atoms with van der Waals surface area (Å²) in [7, 11) is 0. The van der Waals surface area contributed by atoms with Crippen LogP contribution in [-0.2, 0) is 0 Å². The molecule has 0 saturated carbocycles. The molecule has 0 aromatic rings. The van der Waals surface area contributed by atoms with Gasteiger partial charge in [-0.15, -0.1) is 0 Å².